The molecule has 100 valence electrons. The fourth-order valence-corrected chi connectivity index (χ4v) is 1.85. The van der Waals surface area contributed by atoms with Gasteiger partial charge in [0.1, 0.15) is 11.8 Å². The molecule has 2 aromatic carbocycles. The molecule has 0 radical (unpaired) electrons. The molecule has 0 saturated heterocycles. The van der Waals surface area contributed by atoms with Crippen LogP contribution in [0.25, 0.3) is 0 Å². The minimum absolute atomic E-state index is 0.0471. The van der Waals surface area contributed by atoms with Gasteiger partial charge in [0.25, 0.3) is 5.91 Å². The van der Waals surface area contributed by atoms with Crippen molar-refractivity contribution in [1.82, 2.24) is 0 Å². The molecule has 0 bridgehead atoms. The molecule has 5 heteroatoms. The third kappa shape index (κ3) is 2.54. The van der Waals surface area contributed by atoms with Crippen molar-refractivity contribution in [3.63, 3.8) is 0 Å². The molecule has 2 rings (SSSR count). The standard InChI is InChI=1S/C15H13N3O2/c1-9-3-2-4-14(12(9)8-16)18-15(20)11-7-10(19)5-6-13(11)17/h2-7,19H,17H2,1H3,(H,18,20). The van der Waals surface area contributed by atoms with Crippen molar-refractivity contribution in [3.05, 3.63) is 53.1 Å². The number of phenolic OH excluding ortho intramolecular Hbond substituents is 1. The van der Waals surface area contributed by atoms with Crippen molar-refractivity contribution in [2.75, 3.05) is 11.1 Å². The lowest BCUT2D eigenvalue weighted by Gasteiger charge is -2.10. The van der Waals surface area contributed by atoms with Crippen LogP contribution in [0.1, 0.15) is 21.5 Å². The van der Waals surface area contributed by atoms with Crippen LogP contribution in [0.2, 0.25) is 0 Å². The molecule has 0 unspecified atom stereocenters. The van der Waals surface area contributed by atoms with Gasteiger partial charge in [-0.05, 0) is 36.8 Å². The van der Waals surface area contributed by atoms with Gasteiger partial charge in [0, 0.05) is 5.69 Å². The molecule has 0 aromatic heterocycles. The molecule has 5 nitrogen and oxygen atoms in total. The first-order valence-electron chi connectivity index (χ1n) is 5.92. The maximum absolute atomic E-state index is 12.2. The predicted octanol–water partition coefficient (Wildman–Crippen LogP) is 2.41. The summed E-state index contributed by atoms with van der Waals surface area (Å²) < 4.78 is 0. The molecule has 0 spiro atoms. The van der Waals surface area contributed by atoms with Gasteiger partial charge in [-0.3, -0.25) is 4.79 Å². The monoisotopic (exact) mass is 267 g/mol. The summed E-state index contributed by atoms with van der Waals surface area (Å²) in [6, 6.07) is 11.4. The Morgan fingerprint density at radius 2 is 2.10 bits per heavy atom. The fourth-order valence-electron chi connectivity index (χ4n) is 1.85. The zero-order chi connectivity index (χ0) is 14.7. The number of amides is 1. The number of carbonyl (C=O) groups is 1. The molecule has 0 fully saturated rings. The van der Waals surface area contributed by atoms with E-state index in [1.807, 2.05) is 0 Å². The highest BCUT2D eigenvalue weighted by Crippen LogP contribution is 2.22. The van der Waals surface area contributed by atoms with Crippen LogP contribution in [0, 0.1) is 18.3 Å². The molecular weight excluding hydrogens is 254 g/mol. The Labute approximate surface area is 116 Å². The largest absolute Gasteiger partial charge is 0.508 e. The molecule has 0 aliphatic carbocycles. The average molecular weight is 267 g/mol. The summed E-state index contributed by atoms with van der Waals surface area (Å²) in [7, 11) is 0. The third-order valence-corrected chi connectivity index (χ3v) is 2.91. The summed E-state index contributed by atoms with van der Waals surface area (Å²) in [5.41, 5.74) is 7.72. The van der Waals surface area contributed by atoms with Crippen LogP contribution in [0.5, 0.6) is 5.75 Å². The van der Waals surface area contributed by atoms with Crippen LogP contribution >= 0.6 is 0 Å². The molecule has 20 heavy (non-hydrogen) atoms. The summed E-state index contributed by atoms with van der Waals surface area (Å²) in [6.07, 6.45) is 0. The van der Waals surface area contributed by atoms with Gasteiger partial charge in [-0.15, -0.1) is 0 Å². The van der Waals surface area contributed by atoms with Crippen LogP contribution in [-0.2, 0) is 0 Å². The summed E-state index contributed by atoms with van der Waals surface area (Å²) in [6.45, 7) is 1.79. The first-order chi connectivity index (χ1) is 9.52. The topological polar surface area (TPSA) is 99.1 Å². The molecule has 0 aliphatic rings. The normalized spacial score (nSPS) is 9.80. The third-order valence-electron chi connectivity index (χ3n) is 2.91. The first kappa shape index (κ1) is 13.4. The van der Waals surface area contributed by atoms with E-state index < -0.39 is 5.91 Å². The quantitative estimate of drug-likeness (QED) is 0.574. The number of rotatable bonds is 2. The van der Waals surface area contributed by atoms with E-state index in [2.05, 4.69) is 11.4 Å². The van der Waals surface area contributed by atoms with E-state index in [-0.39, 0.29) is 17.0 Å². The van der Waals surface area contributed by atoms with Crippen LogP contribution in [0.15, 0.2) is 36.4 Å². The van der Waals surface area contributed by atoms with Crippen molar-refractivity contribution in [1.29, 1.82) is 5.26 Å². The fraction of sp³-hybridized carbons (Fsp3) is 0.0667. The Bertz CT molecular complexity index is 718. The minimum Gasteiger partial charge on any atom is -0.508 e. The van der Waals surface area contributed by atoms with Crippen molar-refractivity contribution >= 4 is 17.3 Å². The van der Waals surface area contributed by atoms with Crippen molar-refractivity contribution in [2.24, 2.45) is 0 Å². The maximum Gasteiger partial charge on any atom is 0.257 e. The number of hydrogen-bond acceptors (Lipinski definition) is 4. The number of anilines is 2. The second-order valence-electron chi connectivity index (χ2n) is 4.33. The van der Waals surface area contributed by atoms with Gasteiger partial charge in [-0.1, -0.05) is 12.1 Å². The van der Waals surface area contributed by atoms with E-state index in [9.17, 15) is 9.90 Å². The van der Waals surface area contributed by atoms with E-state index in [1.54, 1.807) is 25.1 Å². The SMILES string of the molecule is Cc1cccc(NC(=O)c2cc(O)ccc2N)c1C#N. The summed E-state index contributed by atoms with van der Waals surface area (Å²) in [5, 5.41) is 21.2. The first-order valence-corrected chi connectivity index (χ1v) is 5.92. The van der Waals surface area contributed by atoms with Gasteiger partial charge in [0.05, 0.1) is 16.8 Å². The smallest absolute Gasteiger partial charge is 0.257 e. The van der Waals surface area contributed by atoms with Crippen LogP contribution in [0.3, 0.4) is 0 Å². The Kier molecular flexibility index (Phi) is 3.58. The van der Waals surface area contributed by atoms with Crippen molar-refractivity contribution < 1.29 is 9.90 Å². The number of aryl methyl sites for hydroxylation is 1. The molecule has 0 heterocycles. The van der Waals surface area contributed by atoms with Gasteiger partial charge in [0.15, 0.2) is 0 Å². The lowest BCUT2D eigenvalue weighted by Crippen LogP contribution is -2.15. The number of benzene rings is 2. The number of nitrogens with zero attached hydrogens (tertiary/aromatic N) is 1. The summed E-state index contributed by atoms with van der Waals surface area (Å²) in [5.74, 6) is -0.519. The van der Waals surface area contributed by atoms with Crippen LogP contribution in [-0.4, -0.2) is 11.0 Å². The number of hydrogen-bond donors (Lipinski definition) is 3. The van der Waals surface area contributed by atoms with Gasteiger partial charge in [-0.2, -0.15) is 5.26 Å². The number of carbonyl (C=O) groups excluding carboxylic acids is 1. The molecule has 2 aromatic rings. The molecule has 0 aliphatic heterocycles. The number of phenols is 1. The molecule has 1 amide bonds. The maximum atomic E-state index is 12.2. The van der Waals surface area contributed by atoms with Gasteiger partial charge < -0.3 is 16.2 Å². The van der Waals surface area contributed by atoms with Gasteiger partial charge in [0.2, 0.25) is 0 Å². The average Bonchev–Trinajstić information content (AvgIpc) is 2.41. The van der Waals surface area contributed by atoms with Crippen molar-refractivity contribution in [3.8, 4) is 11.8 Å². The summed E-state index contributed by atoms with van der Waals surface area (Å²) in [4.78, 5) is 12.2. The molecule has 0 atom stereocenters. The highest BCUT2D eigenvalue weighted by Gasteiger charge is 2.13. The van der Waals surface area contributed by atoms with E-state index >= 15 is 0 Å². The van der Waals surface area contributed by atoms with E-state index in [1.165, 1.54) is 18.2 Å². The van der Waals surface area contributed by atoms with Crippen molar-refractivity contribution in [2.45, 2.75) is 6.92 Å². The second-order valence-corrected chi connectivity index (χ2v) is 4.33. The lowest BCUT2D eigenvalue weighted by molar-refractivity contribution is 0.102. The Balaban J connectivity index is 2.36. The lowest BCUT2D eigenvalue weighted by atomic mass is 10.1. The Hall–Kier alpha value is -3.00. The van der Waals surface area contributed by atoms with Gasteiger partial charge in [-0.25, -0.2) is 0 Å². The van der Waals surface area contributed by atoms with Gasteiger partial charge >= 0.3 is 0 Å². The second kappa shape index (κ2) is 5.33. The van der Waals surface area contributed by atoms with Crippen LogP contribution < -0.4 is 11.1 Å². The number of nitrogens with two attached hydrogens (primary N) is 1. The highest BCUT2D eigenvalue weighted by molar-refractivity contribution is 6.08. The minimum atomic E-state index is -0.472. The van der Waals surface area contributed by atoms with E-state index in [0.717, 1.165) is 5.56 Å². The number of nitrogens with one attached hydrogen (secondary N) is 1. The van der Waals surface area contributed by atoms with E-state index in [0.29, 0.717) is 11.3 Å². The Morgan fingerprint density at radius 3 is 2.80 bits per heavy atom. The molecule has 0 saturated carbocycles. The van der Waals surface area contributed by atoms with Crippen LogP contribution in [0.4, 0.5) is 11.4 Å². The Morgan fingerprint density at radius 1 is 1.35 bits per heavy atom. The van der Waals surface area contributed by atoms with E-state index in [4.69, 9.17) is 11.0 Å². The molecular formula is C15H13N3O2. The predicted molar refractivity (Wildman–Crippen MR) is 76.4 cm³/mol. The number of nitriles is 1. The summed E-state index contributed by atoms with van der Waals surface area (Å²) >= 11 is 0. The zero-order valence-electron chi connectivity index (χ0n) is 10.8. The zero-order valence-corrected chi connectivity index (χ0v) is 10.8. The number of aromatic hydroxyl groups is 1. The highest BCUT2D eigenvalue weighted by atomic mass is 16.3. The molecule has 4 N–H and O–H groups in total. The number of nitrogen functional groups attached to an aromatic ring is 1.